The topological polar surface area (TPSA) is 127 Å². The summed E-state index contributed by atoms with van der Waals surface area (Å²) in [5.74, 6) is 0.875. The molecule has 1 unspecified atom stereocenters. The molecule has 0 spiro atoms. The Hall–Kier alpha value is -2.65. The molecule has 144 valence electrons. The predicted octanol–water partition coefficient (Wildman–Crippen LogP) is 2.96. The standard InChI is InChI=1S/C17H23ClN8O/c1-4-10(8-27)21-17-22-15(20-11-5-6-13(19)12(18)7-11)14-16(23-17)26(9(2)3)25-24-14/h5-7,9-10,27H,4,8,19H2,1-3H3,(H2,20,21,22,23). The molecule has 0 fully saturated rings. The maximum absolute atomic E-state index is 9.47. The number of anilines is 4. The number of halogens is 1. The summed E-state index contributed by atoms with van der Waals surface area (Å²) < 4.78 is 1.73. The third-order valence-electron chi connectivity index (χ3n) is 4.12. The molecule has 0 saturated carbocycles. The largest absolute Gasteiger partial charge is 0.398 e. The number of aliphatic hydroxyl groups excluding tert-OH is 1. The number of fused-ring (bicyclic) bond motifs is 1. The molecule has 0 aliphatic rings. The van der Waals surface area contributed by atoms with Crippen molar-refractivity contribution in [3.8, 4) is 0 Å². The van der Waals surface area contributed by atoms with Crippen molar-refractivity contribution in [2.45, 2.75) is 39.3 Å². The van der Waals surface area contributed by atoms with Crippen molar-refractivity contribution in [1.29, 1.82) is 0 Å². The van der Waals surface area contributed by atoms with E-state index in [0.29, 0.717) is 39.3 Å². The highest BCUT2D eigenvalue weighted by Crippen LogP contribution is 2.28. The molecule has 0 aliphatic heterocycles. The van der Waals surface area contributed by atoms with E-state index < -0.39 is 0 Å². The summed E-state index contributed by atoms with van der Waals surface area (Å²) in [4.78, 5) is 9.07. The summed E-state index contributed by atoms with van der Waals surface area (Å²) in [5, 5.41) is 24.7. The van der Waals surface area contributed by atoms with Crippen molar-refractivity contribution in [2.75, 3.05) is 23.0 Å². The molecule has 10 heteroatoms. The van der Waals surface area contributed by atoms with Gasteiger partial charge in [-0.1, -0.05) is 23.7 Å². The van der Waals surface area contributed by atoms with E-state index in [2.05, 4.69) is 30.9 Å². The first-order valence-electron chi connectivity index (χ1n) is 8.75. The molecule has 1 aromatic carbocycles. The van der Waals surface area contributed by atoms with Crippen molar-refractivity contribution < 1.29 is 5.11 Å². The Kier molecular flexibility index (Phi) is 5.62. The molecule has 1 atom stereocenters. The Bertz CT molecular complexity index is 938. The van der Waals surface area contributed by atoms with E-state index in [-0.39, 0.29) is 18.7 Å². The van der Waals surface area contributed by atoms with Crippen molar-refractivity contribution in [3.05, 3.63) is 23.2 Å². The number of aromatic nitrogens is 5. The summed E-state index contributed by atoms with van der Waals surface area (Å²) in [6, 6.07) is 5.16. The monoisotopic (exact) mass is 390 g/mol. The molecule has 2 aromatic heterocycles. The van der Waals surface area contributed by atoms with E-state index in [4.69, 9.17) is 17.3 Å². The minimum Gasteiger partial charge on any atom is -0.398 e. The van der Waals surface area contributed by atoms with Crippen molar-refractivity contribution >= 4 is 45.9 Å². The van der Waals surface area contributed by atoms with Crippen molar-refractivity contribution in [3.63, 3.8) is 0 Å². The van der Waals surface area contributed by atoms with Gasteiger partial charge in [0.1, 0.15) is 0 Å². The number of aliphatic hydroxyl groups is 1. The van der Waals surface area contributed by atoms with Crippen LogP contribution in [0.3, 0.4) is 0 Å². The zero-order valence-electron chi connectivity index (χ0n) is 15.4. The minimum atomic E-state index is -0.148. The number of nitrogens with one attached hydrogen (secondary N) is 2. The third-order valence-corrected chi connectivity index (χ3v) is 4.45. The number of rotatable bonds is 7. The van der Waals surface area contributed by atoms with E-state index in [1.165, 1.54) is 0 Å². The van der Waals surface area contributed by atoms with Gasteiger partial charge < -0.3 is 21.5 Å². The fourth-order valence-corrected chi connectivity index (χ4v) is 2.71. The Morgan fingerprint density at radius 2 is 2.07 bits per heavy atom. The molecular weight excluding hydrogens is 368 g/mol. The first-order chi connectivity index (χ1) is 12.9. The van der Waals surface area contributed by atoms with E-state index in [1.54, 1.807) is 22.9 Å². The van der Waals surface area contributed by atoms with Gasteiger partial charge in [-0.05, 0) is 38.5 Å². The number of nitrogens with zero attached hydrogens (tertiary/aromatic N) is 5. The molecule has 0 aliphatic carbocycles. The Morgan fingerprint density at radius 3 is 2.70 bits per heavy atom. The normalized spacial score (nSPS) is 12.5. The van der Waals surface area contributed by atoms with Crippen LogP contribution in [0.25, 0.3) is 11.2 Å². The molecule has 0 saturated heterocycles. The SMILES string of the molecule is CCC(CO)Nc1nc(Nc2ccc(N)c(Cl)c2)c2nnn(C(C)C)c2n1. The summed E-state index contributed by atoms with van der Waals surface area (Å²) in [6.07, 6.45) is 0.732. The number of nitrogen functional groups attached to an aromatic ring is 1. The van der Waals surface area contributed by atoms with E-state index in [9.17, 15) is 5.11 Å². The highest BCUT2D eigenvalue weighted by molar-refractivity contribution is 6.33. The van der Waals surface area contributed by atoms with Gasteiger partial charge in [0, 0.05) is 5.69 Å². The summed E-state index contributed by atoms with van der Waals surface area (Å²) >= 11 is 6.11. The van der Waals surface area contributed by atoms with Crippen LogP contribution < -0.4 is 16.4 Å². The fourth-order valence-electron chi connectivity index (χ4n) is 2.53. The van der Waals surface area contributed by atoms with Gasteiger partial charge in [0.05, 0.1) is 29.4 Å². The Balaban J connectivity index is 2.07. The molecule has 3 aromatic rings. The molecule has 27 heavy (non-hydrogen) atoms. The quantitative estimate of drug-likeness (QED) is 0.453. The molecule has 3 rings (SSSR count). The van der Waals surface area contributed by atoms with Gasteiger partial charge in [0.2, 0.25) is 5.95 Å². The third kappa shape index (κ3) is 4.04. The maximum Gasteiger partial charge on any atom is 0.227 e. The summed E-state index contributed by atoms with van der Waals surface area (Å²) in [5.41, 5.74) is 8.12. The first kappa shape index (κ1) is 19.1. The summed E-state index contributed by atoms with van der Waals surface area (Å²) in [6.45, 7) is 5.95. The number of nitrogens with two attached hydrogens (primary N) is 1. The van der Waals surface area contributed by atoms with Gasteiger partial charge in [0.25, 0.3) is 0 Å². The van der Waals surface area contributed by atoms with Gasteiger partial charge in [0.15, 0.2) is 17.0 Å². The Morgan fingerprint density at radius 1 is 1.30 bits per heavy atom. The molecule has 5 N–H and O–H groups in total. The van der Waals surface area contributed by atoms with E-state index >= 15 is 0 Å². The van der Waals surface area contributed by atoms with Crippen LogP contribution in [-0.2, 0) is 0 Å². The lowest BCUT2D eigenvalue weighted by atomic mass is 10.2. The lowest BCUT2D eigenvalue weighted by Crippen LogP contribution is -2.24. The van der Waals surface area contributed by atoms with E-state index in [1.807, 2.05) is 20.8 Å². The second-order valence-electron chi connectivity index (χ2n) is 6.49. The predicted molar refractivity (Wildman–Crippen MR) is 107 cm³/mol. The summed E-state index contributed by atoms with van der Waals surface area (Å²) in [7, 11) is 0. The van der Waals surface area contributed by atoms with Crippen LogP contribution in [0.2, 0.25) is 5.02 Å². The molecule has 0 bridgehead atoms. The van der Waals surface area contributed by atoms with E-state index in [0.717, 1.165) is 6.42 Å². The van der Waals surface area contributed by atoms with Crippen LogP contribution in [0.5, 0.6) is 0 Å². The number of hydrogen-bond acceptors (Lipinski definition) is 8. The van der Waals surface area contributed by atoms with Crippen molar-refractivity contribution in [1.82, 2.24) is 25.0 Å². The first-order valence-corrected chi connectivity index (χ1v) is 9.13. The maximum atomic E-state index is 9.47. The van der Waals surface area contributed by atoms with Crippen LogP contribution in [0.4, 0.5) is 23.1 Å². The van der Waals surface area contributed by atoms with Crippen LogP contribution in [0, 0.1) is 0 Å². The minimum absolute atomic E-state index is 0.0179. The molecule has 0 amide bonds. The van der Waals surface area contributed by atoms with Crippen molar-refractivity contribution in [2.24, 2.45) is 0 Å². The molecule has 9 nitrogen and oxygen atoms in total. The zero-order valence-corrected chi connectivity index (χ0v) is 16.2. The fraction of sp³-hybridized carbons (Fsp3) is 0.412. The zero-order chi connectivity index (χ0) is 19.6. The van der Waals surface area contributed by atoms with Gasteiger partial charge in [-0.25, -0.2) is 4.68 Å². The highest BCUT2D eigenvalue weighted by atomic mass is 35.5. The average molecular weight is 391 g/mol. The second kappa shape index (κ2) is 7.93. The van der Waals surface area contributed by atoms with Crippen LogP contribution in [0.1, 0.15) is 33.2 Å². The molecule has 0 radical (unpaired) electrons. The van der Waals surface area contributed by atoms with Gasteiger partial charge in [-0.15, -0.1) is 5.10 Å². The number of benzene rings is 1. The van der Waals surface area contributed by atoms with Crippen LogP contribution in [-0.4, -0.2) is 42.7 Å². The van der Waals surface area contributed by atoms with Gasteiger partial charge in [-0.2, -0.15) is 9.97 Å². The second-order valence-corrected chi connectivity index (χ2v) is 6.90. The lowest BCUT2D eigenvalue weighted by molar-refractivity contribution is 0.271. The van der Waals surface area contributed by atoms with Crippen LogP contribution in [0.15, 0.2) is 18.2 Å². The van der Waals surface area contributed by atoms with Gasteiger partial charge >= 0.3 is 0 Å². The average Bonchev–Trinajstić information content (AvgIpc) is 3.07. The molecular formula is C17H23ClN8O. The van der Waals surface area contributed by atoms with Crippen LogP contribution >= 0.6 is 11.6 Å². The Labute approximate surface area is 161 Å². The smallest absolute Gasteiger partial charge is 0.227 e. The molecule has 2 heterocycles. The van der Waals surface area contributed by atoms with Gasteiger partial charge in [-0.3, -0.25) is 0 Å². The number of hydrogen-bond donors (Lipinski definition) is 4. The highest BCUT2D eigenvalue weighted by Gasteiger charge is 2.18. The lowest BCUT2D eigenvalue weighted by Gasteiger charge is -2.15.